The zero-order valence-electron chi connectivity index (χ0n) is 11.7. The number of aryl methyl sites for hydroxylation is 2. The van der Waals surface area contributed by atoms with Gasteiger partial charge >= 0.3 is 0 Å². The van der Waals surface area contributed by atoms with E-state index in [0.29, 0.717) is 5.76 Å². The zero-order valence-corrected chi connectivity index (χ0v) is 11.7. The standard InChI is InChI=1S/C16H19FN2O/c1-11-9-12(17)4-7-14(11)15-10-19-16(20-15)3-2-8-18-13-5-6-13/h4,7,9-10,13,18H,2-3,5-6,8H2,1H3. The molecule has 0 spiro atoms. The van der Waals surface area contributed by atoms with E-state index >= 15 is 0 Å². The molecule has 0 radical (unpaired) electrons. The van der Waals surface area contributed by atoms with Gasteiger partial charge in [-0.3, -0.25) is 0 Å². The van der Waals surface area contributed by atoms with Gasteiger partial charge in [0.1, 0.15) is 5.82 Å². The normalized spacial score (nSPS) is 14.7. The summed E-state index contributed by atoms with van der Waals surface area (Å²) in [5.74, 6) is 1.24. The topological polar surface area (TPSA) is 38.1 Å². The first-order valence-corrected chi connectivity index (χ1v) is 7.17. The second kappa shape index (κ2) is 5.75. The second-order valence-corrected chi connectivity index (χ2v) is 5.41. The summed E-state index contributed by atoms with van der Waals surface area (Å²) in [5, 5.41) is 3.47. The van der Waals surface area contributed by atoms with Crippen LogP contribution < -0.4 is 5.32 Å². The van der Waals surface area contributed by atoms with Gasteiger partial charge in [0.15, 0.2) is 11.7 Å². The van der Waals surface area contributed by atoms with Gasteiger partial charge in [-0.25, -0.2) is 9.37 Å². The van der Waals surface area contributed by atoms with Crippen LogP contribution in [0.5, 0.6) is 0 Å². The molecule has 106 valence electrons. The maximum Gasteiger partial charge on any atom is 0.194 e. The fraction of sp³-hybridized carbons (Fsp3) is 0.438. The first-order valence-electron chi connectivity index (χ1n) is 7.17. The summed E-state index contributed by atoms with van der Waals surface area (Å²) in [4.78, 5) is 4.30. The fourth-order valence-corrected chi connectivity index (χ4v) is 2.29. The van der Waals surface area contributed by atoms with Gasteiger partial charge in [0.25, 0.3) is 0 Å². The molecular formula is C16H19FN2O. The lowest BCUT2D eigenvalue weighted by Gasteiger charge is -2.02. The van der Waals surface area contributed by atoms with Gasteiger partial charge in [0.2, 0.25) is 0 Å². The molecule has 3 rings (SSSR count). The number of oxazole rings is 1. The minimum Gasteiger partial charge on any atom is -0.441 e. The highest BCUT2D eigenvalue weighted by molar-refractivity contribution is 5.60. The largest absolute Gasteiger partial charge is 0.441 e. The molecule has 1 aliphatic rings. The van der Waals surface area contributed by atoms with Gasteiger partial charge in [-0.15, -0.1) is 0 Å². The number of rotatable bonds is 6. The maximum atomic E-state index is 13.1. The van der Waals surface area contributed by atoms with Crippen LogP contribution in [0.3, 0.4) is 0 Å². The van der Waals surface area contributed by atoms with E-state index in [0.717, 1.165) is 42.4 Å². The Hall–Kier alpha value is -1.68. The molecule has 4 heteroatoms. The predicted octanol–water partition coefficient (Wildman–Crippen LogP) is 3.47. The van der Waals surface area contributed by atoms with E-state index in [4.69, 9.17) is 4.42 Å². The van der Waals surface area contributed by atoms with Crippen LogP contribution in [-0.4, -0.2) is 17.6 Å². The first kappa shape index (κ1) is 13.3. The van der Waals surface area contributed by atoms with Gasteiger partial charge < -0.3 is 9.73 Å². The zero-order chi connectivity index (χ0) is 13.9. The summed E-state index contributed by atoms with van der Waals surface area (Å²) in [6.07, 6.45) is 6.21. The minimum absolute atomic E-state index is 0.225. The Morgan fingerprint density at radius 2 is 2.25 bits per heavy atom. The highest BCUT2D eigenvalue weighted by Crippen LogP contribution is 2.25. The number of hydrogen-bond donors (Lipinski definition) is 1. The number of hydrogen-bond acceptors (Lipinski definition) is 3. The molecule has 0 atom stereocenters. The SMILES string of the molecule is Cc1cc(F)ccc1-c1cnc(CCCNC2CC2)o1. The Kier molecular flexibility index (Phi) is 3.83. The number of nitrogens with zero attached hydrogens (tertiary/aromatic N) is 1. The van der Waals surface area contributed by atoms with Crippen molar-refractivity contribution in [3.05, 3.63) is 41.7 Å². The van der Waals surface area contributed by atoms with Gasteiger partial charge in [0.05, 0.1) is 6.20 Å². The Morgan fingerprint density at radius 3 is 3.00 bits per heavy atom. The average Bonchev–Trinajstić information content (AvgIpc) is 3.13. The van der Waals surface area contributed by atoms with Gasteiger partial charge in [-0.2, -0.15) is 0 Å². The lowest BCUT2D eigenvalue weighted by atomic mass is 10.1. The molecule has 1 saturated carbocycles. The lowest BCUT2D eigenvalue weighted by molar-refractivity contribution is 0.491. The molecule has 1 aromatic heterocycles. The molecule has 1 aliphatic carbocycles. The van der Waals surface area contributed by atoms with E-state index in [-0.39, 0.29) is 5.82 Å². The number of aromatic nitrogens is 1. The number of benzene rings is 1. The molecule has 1 aromatic carbocycles. The van der Waals surface area contributed by atoms with Crippen molar-refractivity contribution in [2.24, 2.45) is 0 Å². The second-order valence-electron chi connectivity index (χ2n) is 5.41. The van der Waals surface area contributed by atoms with Crippen molar-refractivity contribution < 1.29 is 8.81 Å². The molecule has 1 heterocycles. The summed E-state index contributed by atoms with van der Waals surface area (Å²) in [6, 6.07) is 5.45. The van der Waals surface area contributed by atoms with Crippen LogP contribution in [0.25, 0.3) is 11.3 Å². The van der Waals surface area contributed by atoms with Crippen LogP contribution in [0.15, 0.2) is 28.8 Å². The third kappa shape index (κ3) is 3.25. The van der Waals surface area contributed by atoms with E-state index < -0.39 is 0 Å². The summed E-state index contributed by atoms with van der Waals surface area (Å²) < 4.78 is 18.8. The van der Waals surface area contributed by atoms with Crippen LogP contribution >= 0.6 is 0 Å². The van der Waals surface area contributed by atoms with Crippen molar-refractivity contribution in [2.45, 2.75) is 38.6 Å². The third-order valence-electron chi connectivity index (χ3n) is 3.59. The minimum atomic E-state index is -0.225. The predicted molar refractivity (Wildman–Crippen MR) is 76.0 cm³/mol. The maximum absolute atomic E-state index is 13.1. The molecule has 0 amide bonds. The highest BCUT2D eigenvalue weighted by Gasteiger charge is 2.19. The molecule has 0 unspecified atom stereocenters. The van der Waals surface area contributed by atoms with Crippen LogP contribution in [0.1, 0.15) is 30.7 Å². The summed E-state index contributed by atoms with van der Waals surface area (Å²) in [5.41, 5.74) is 1.77. The fourth-order valence-electron chi connectivity index (χ4n) is 2.29. The monoisotopic (exact) mass is 274 g/mol. The molecular weight excluding hydrogens is 255 g/mol. The number of halogens is 1. The summed E-state index contributed by atoms with van der Waals surface area (Å²) in [7, 11) is 0. The molecule has 0 bridgehead atoms. The van der Waals surface area contributed by atoms with Crippen LogP contribution in [0, 0.1) is 12.7 Å². The van der Waals surface area contributed by atoms with Crippen molar-refractivity contribution >= 4 is 0 Å². The van der Waals surface area contributed by atoms with Crippen LogP contribution in [0.2, 0.25) is 0 Å². The summed E-state index contributed by atoms with van der Waals surface area (Å²) in [6.45, 7) is 2.89. The van der Waals surface area contributed by atoms with Crippen molar-refractivity contribution in [1.29, 1.82) is 0 Å². The average molecular weight is 274 g/mol. The van der Waals surface area contributed by atoms with E-state index in [1.165, 1.54) is 25.0 Å². The Labute approximate surface area is 118 Å². The Morgan fingerprint density at radius 1 is 1.40 bits per heavy atom. The first-order chi connectivity index (χ1) is 9.72. The lowest BCUT2D eigenvalue weighted by Crippen LogP contribution is -2.17. The molecule has 1 N–H and O–H groups in total. The quantitative estimate of drug-likeness (QED) is 0.820. The van der Waals surface area contributed by atoms with E-state index in [1.807, 2.05) is 6.92 Å². The molecule has 0 saturated heterocycles. The number of nitrogens with one attached hydrogen (secondary N) is 1. The molecule has 2 aromatic rings. The third-order valence-corrected chi connectivity index (χ3v) is 3.59. The van der Waals surface area contributed by atoms with E-state index in [1.54, 1.807) is 12.3 Å². The van der Waals surface area contributed by atoms with Gasteiger partial charge in [0, 0.05) is 18.0 Å². The molecule has 3 nitrogen and oxygen atoms in total. The van der Waals surface area contributed by atoms with Crippen LogP contribution in [-0.2, 0) is 6.42 Å². The highest BCUT2D eigenvalue weighted by atomic mass is 19.1. The van der Waals surface area contributed by atoms with Crippen molar-refractivity contribution in [3.8, 4) is 11.3 Å². The van der Waals surface area contributed by atoms with Crippen molar-refractivity contribution in [1.82, 2.24) is 10.3 Å². The van der Waals surface area contributed by atoms with Crippen LogP contribution in [0.4, 0.5) is 4.39 Å². The van der Waals surface area contributed by atoms with E-state index in [2.05, 4.69) is 10.3 Å². The van der Waals surface area contributed by atoms with Gasteiger partial charge in [-0.05, 0) is 56.5 Å². The van der Waals surface area contributed by atoms with Gasteiger partial charge in [-0.1, -0.05) is 0 Å². The summed E-state index contributed by atoms with van der Waals surface area (Å²) >= 11 is 0. The molecule has 0 aliphatic heterocycles. The Bertz CT molecular complexity index is 590. The molecule has 1 fully saturated rings. The van der Waals surface area contributed by atoms with Crippen molar-refractivity contribution in [3.63, 3.8) is 0 Å². The smallest absolute Gasteiger partial charge is 0.194 e. The Balaban J connectivity index is 1.60. The van der Waals surface area contributed by atoms with E-state index in [9.17, 15) is 4.39 Å². The van der Waals surface area contributed by atoms with Crippen molar-refractivity contribution in [2.75, 3.05) is 6.54 Å². The molecule has 20 heavy (non-hydrogen) atoms.